The van der Waals surface area contributed by atoms with E-state index in [1.165, 1.54) is 10.4 Å². The molecule has 0 aliphatic carbocycles. The Hall–Kier alpha value is -0.260. The molecule has 0 atom stereocenters. The molecule has 0 bridgehead atoms. The van der Waals surface area contributed by atoms with Crippen molar-refractivity contribution in [2.45, 2.75) is 0 Å². The minimum Gasteiger partial charge on any atom is -0.307 e. The number of rotatable bonds is 2. The summed E-state index contributed by atoms with van der Waals surface area (Å²) < 4.78 is 1.53. The van der Waals surface area contributed by atoms with Crippen molar-refractivity contribution in [1.82, 2.24) is 0 Å². The predicted octanol–water partition coefficient (Wildman–Crippen LogP) is 1.09. The van der Waals surface area contributed by atoms with Crippen molar-refractivity contribution in [3.63, 3.8) is 0 Å². The zero-order valence-electron chi connectivity index (χ0n) is 3.50. The molecule has 0 aromatic heterocycles. The van der Waals surface area contributed by atoms with Gasteiger partial charge in [0.2, 0.25) is 0 Å². The number of hydrogen-bond acceptors (Lipinski definition) is 3. The Bertz CT molecular complexity index is 96.4. The van der Waals surface area contributed by atoms with E-state index in [-0.39, 0.29) is 0 Å². The van der Waals surface area contributed by atoms with E-state index in [2.05, 4.69) is 10.2 Å². The standard InChI is InChI=1S/C3H4IN3/c4-3-7-6-2-1-5/h1-3,5H/b5-1?,6-2-,7-3-. The van der Waals surface area contributed by atoms with Gasteiger partial charge in [-0.3, -0.25) is 0 Å². The van der Waals surface area contributed by atoms with Gasteiger partial charge in [0.15, 0.2) is 0 Å². The van der Waals surface area contributed by atoms with E-state index in [1.54, 1.807) is 0 Å². The Morgan fingerprint density at radius 2 is 2.14 bits per heavy atom. The van der Waals surface area contributed by atoms with Crippen LogP contribution >= 0.6 is 22.6 Å². The third-order valence-electron chi connectivity index (χ3n) is 0.252. The van der Waals surface area contributed by atoms with E-state index in [0.29, 0.717) is 0 Å². The van der Waals surface area contributed by atoms with Gasteiger partial charge in [0.1, 0.15) is 0 Å². The Labute approximate surface area is 55.2 Å². The zero-order valence-corrected chi connectivity index (χ0v) is 5.66. The van der Waals surface area contributed by atoms with E-state index in [4.69, 9.17) is 5.41 Å². The molecule has 0 radical (unpaired) electrons. The SMILES string of the molecule is N=C/C=N\N=C/I. The molecular formula is C3H4IN3. The maximum absolute atomic E-state index is 6.43. The summed E-state index contributed by atoms with van der Waals surface area (Å²) in [6.07, 6.45) is 2.37. The molecule has 0 aliphatic heterocycles. The van der Waals surface area contributed by atoms with E-state index in [0.717, 1.165) is 6.21 Å². The number of nitrogens with zero attached hydrogens (tertiary/aromatic N) is 2. The molecule has 0 heterocycles. The van der Waals surface area contributed by atoms with Crippen LogP contribution < -0.4 is 0 Å². The molecule has 0 unspecified atom stereocenters. The molecule has 3 nitrogen and oxygen atoms in total. The fourth-order valence-corrected chi connectivity index (χ4v) is 0.241. The van der Waals surface area contributed by atoms with Crippen molar-refractivity contribution < 1.29 is 0 Å². The highest BCUT2D eigenvalue weighted by Gasteiger charge is 1.54. The molecule has 0 amide bonds. The van der Waals surface area contributed by atoms with Gasteiger partial charge in [-0.15, -0.1) is 0 Å². The lowest BCUT2D eigenvalue weighted by Crippen LogP contribution is -1.65. The van der Waals surface area contributed by atoms with Crippen LogP contribution in [0.5, 0.6) is 0 Å². The van der Waals surface area contributed by atoms with E-state index < -0.39 is 0 Å². The monoisotopic (exact) mass is 209 g/mol. The molecule has 0 aliphatic rings. The van der Waals surface area contributed by atoms with Gasteiger partial charge in [-0.05, 0) is 22.6 Å². The number of hydrogen-bond donors (Lipinski definition) is 1. The zero-order chi connectivity index (χ0) is 5.54. The van der Waals surface area contributed by atoms with Gasteiger partial charge in [0.05, 0.1) is 10.4 Å². The molecule has 0 aromatic rings. The molecule has 0 rings (SSSR count). The van der Waals surface area contributed by atoms with Crippen LogP contribution in [0.1, 0.15) is 0 Å². The average molecular weight is 209 g/mol. The topological polar surface area (TPSA) is 48.6 Å². The van der Waals surface area contributed by atoms with Crippen molar-refractivity contribution in [3.05, 3.63) is 0 Å². The van der Waals surface area contributed by atoms with Crippen molar-refractivity contribution in [1.29, 1.82) is 5.41 Å². The first kappa shape index (κ1) is 6.74. The van der Waals surface area contributed by atoms with Gasteiger partial charge in [0.25, 0.3) is 0 Å². The van der Waals surface area contributed by atoms with Crippen molar-refractivity contribution in [2.75, 3.05) is 0 Å². The summed E-state index contributed by atoms with van der Waals surface area (Å²) in [5, 5.41) is 13.3. The van der Waals surface area contributed by atoms with E-state index >= 15 is 0 Å². The van der Waals surface area contributed by atoms with Crippen LogP contribution in [0.3, 0.4) is 0 Å². The van der Waals surface area contributed by atoms with Crippen LogP contribution in [-0.2, 0) is 0 Å². The molecule has 0 saturated carbocycles. The van der Waals surface area contributed by atoms with Gasteiger partial charge in [0, 0.05) is 6.21 Å². The largest absolute Gasteiger partial charge is 0.307 e. The molecule has 0 spiro atoms. The third kappa shape index (κ3) is 5.74. The lowest BCUT2D eigenvalue weighted by Gasteiger charge is -1.64. The van der Waals surface area contributed by atoms with Crippen LogP contribution in [0.2, 0.25) is 0 Å². The second kappa shape index (κ2) is 5.74. The predicted molar refractivity (Wildman–Crippen MR) is 39.8 cm³/mol. The summed E-state index contributed by atoms with van der Waals surface area (Å²) in [5.74, 6) is 0. The second-order valence-electron chi connectivity index (χ2n) is 0.644. The third-order valence-corrected chi connectivity index (χ3v) is 0.501. The summed E-state index contributed by atoms with van der Waals surface area (Å²) in [5.41, 5.74) is 0. The summed E-state index contributed by atoms with van der Waals surface area (Å²) in [6, 6.07) is 0. The normalized spacial score (nSPS) is 11.0. The van der Waals surface area contributed by atoms with Crippen LogP contribution in [0.15, 0.2) is 10.2 Å². The first-order valence-corrected chi connectivity index (χ1v) is 2.80. The van der Waals surface area contributed by atoms with Crippen LogP contribution in [0.4, 0.5) is 0 Å². The maximum Gasteiger partial charge on any atom is 0.0878 e. The highest BCUT2D eigenvalue weighted by Crippen LogP contribution is 1.71. The first-order valence-electron chi connectivity index (χ1n) is 1.56. The van der Waals surface area contributed by atoms with Crippen molar-refractivity contribution in [2.24, 2.45) is 10.2 Å². The van der Waals surface area contributed by atoms with Crippen molar-refractivity contribution >= 4 is 39.2 Å². The Morgan fingerprint density at radius 3 is 2.57 bits per heavy atom. The fourth-order valence-electron chi connectivity index (χ4n) is 0.0970. The molecule has 7 heavy (non-hydrogen) atoms. The quantitative estimate of drug-likeness (QED) is 0.402. The Balaban J connectivity index is 3.27. The molecule has 0 fully saturated rings. The Morgan fingerprint density at radius 1 is 1.43 bits per heavy atom. The highest BCUT2D eigenvalue weighted by molar-refractivity contribution is 14.1. The van der Waals surface area contributed by atoms with Gasteiger partial charge in [-0.2, -0.15) is 10.2 Å². The van der Waals surface area contributed by atoms with Crippen LogP contribution in [0.25, 0.3) is 0 Å². The summed E-state index contributed by atoms with van der Waals surface area (Å²) in [7, 11) is 0. The van der Waals surface area contributed by atoms with Crippen molar-refractivity contribution in [3.8, 4) is 0 Å². The van der Waals surface area contributed by atoms with Gasteiger partial charge < -0.3 is 5.41 Å². The van der Waals surface area contributed by atoms with Gasteiger partial charge >= 0.3 is 0 Å². The highest BCUT2D eigenvalue weighted by atomic mass is 127. The van der Waals surface area contributed by atoms with E-state index in [9.17, 15) is 0 Å². The molecule has 0 aromatic carbocycles. The van der Waals surface area contributed by atoms with Crippen LogP contribution in [0, 0.1) is 5.41 Å². The minimum absolute atomic E-state index is 1.07. The molecule has 38 valence electrons. The Kier molecular flexibility index (Phi) is 5.53. The molecule has 1 N–H and O–H groups in total. The average Bonchev–Trinajstić information content (AvgIpc) is 1.69. The molecule has 0 saturated heterocycles. The summed E-state index contributed by atoms with van der Waals surface area (Å²) in [4.78, 5) is 0. The van der Waals surface area contributed by atoms with E-state index in [1.807, 2.05) is 22.6 Å². The lowest BCUT2D eigenvalue weighted by atomic mass is 10.8. The first-order chi connectivity index (χ1) is 3.41. The van der Waals surface area contributed by atoms with Gasteiger partial charge in [-0.25, -0.2) is 0 Å². The summed E-state index contributed by atoms with van der Waals surface area (Å²) >= 11 is 1.95. The number of halogens is 1. The lowest BCUT2D eigenvalue weighted by molar-refractivity contribution is 1.29. The maximum atomic E-state index is 6.43. The number of nitrogens with one attached hydrogen (secondary N) is 1. The minimum atomic E-state index is 1.07. The summed E-state index contributed by atoms with van der Waals surface area (Å²) in [6.45, 7) is 0. The molecular weight excluding hydrogens is 205 g/mol. The second-order valence-corrected chi connectivity index (χ2v) is 1.20. The van der Waals surface area contributed by atoms with Gasteiger partial charge in [-0.1, -0.05) is 0 Å². The smallest absolute Gasteiger partial charge is 0.0878 e. The van der Waals surface area contributed by atoms with Crippen LogP contribution in [-0.4, -0.2) is 16.7 Å². The fraction of sp³-hybridized carbons (Fsp3) is 0. The molecule has 4 heteroatoms.